The predicted octanol–water partition coefficient (Wildman–Crippen LogP) is 2.02. The van der Waals surface area contributed by atoms with Crippen LogP contribution in [0.5, 0.6) is 0 Å². The lowest BCUT2D eigenvalue weighted by atomic mass is 9.96. The molecule has 1 unspecified atom stereocenters. The van der Waals surface area contributed by atoms with Crippen molar-refractivity contribution in [1.29, 1.82) is 0 Å². The van der Waals surface area contributed by atoms with E-state index in [2.05, 4.69) is 20.2 Å². The van der Waals surface area contributed by atoms with Gasteiger partial charge in [0.1, 0.15) is 0 Å². The second-order valence-corrected chi connectivity index (χ2v) is 6.17. The Balaban J connectivity index is 1.58. The molecule has 0 aromatic carbocycles. The Morgan fingerprint density at radius 2 is 2.26 bits per heavy atom. The van der Waals surface area contributed by atoms with Gasteiger partial charge in [-0.1, -0.05) is 5.16 Å². The molecule has 4 rings (SSSR count). The largest absolute Gasteiger partial charge is 0.389 e. The Morgan fingerprint density at radius 3 is 3.00 bits per heavy atom. The van der Waals surface area contributed by atoms with Gasteiger partial charge in [0.05, 0.1) is 12.0 Å². The molecule has 1 aliphatic rings. The Hall–Kier alpha value is -2.54. The third-order valence-electron chi connectivity index (χ3n) is 4.18. The Kier molecular flexibility index (Phi) is 3.23. The molecule has 1 atom stereocenters. The quantitative estimate of drug-likeness (QED) is 0.775. The van der Waals surface area contributed by atoms with Gasteiger partial charge in [0.15, 0.2) is 5.82 Å². The van der Waals surface area contributed by atoms with Crippen molar-refractivity contribution in [3.63, 3.8) is 0 Å². The number of rotatable bonds is 5. The van der Waals surface area contributed by atoms with E-state index in [1.165, 1.54) is 0 Å². The summed E-state index contributed by atoms with van der Waals surface area (Å²) in [5, 5.41) is 18.6. The van der Waals surface area contributed by atoms with Gasteiger partial charge in [-0.2, -0.15) is 10.1 Å². The SMILES string of the molecule is CC(O)(Cc1nc(-c2ccnc(-n3cccn3)c2)no1)C1CC1. The van der Waals surface area contributed by atoms with Gasteiger partial charge in [-0.15, -0.1) is 0 Å². The first-order valence-corrected chi connectivity index (χ1v) is 7.63. The predicted molar refractivity (Wildman–Crippen MR) is 81.7 cm³/mol. The van der Waals surface area contributed by atoms with Crippen LogP contribution in [-0.2, 0) is 6.42 Å². The molecule has 1 fully saturated rings. The molecule has 0 saturated heterocycles. The first-order valence-electron chi connectivity index (χ1n) is 7.63. The molecular formula is C16H17N5O2. The van der Waals surface area contributed by atoms with Crippen molar-refractivity contribution in [2.24, 2.45) is 5.92 Å². The number of hydrogen-bond donors (Lipinski definition) is 1. The van der Waals surface area contributed by atoms with Crippen LogP contribution in [0.25, 0.3) is 17.2 Å². The van der Waals surface area contributed by atoms with E-state index in [1.807, 2.05) is 31.3 Å². The monoisotopic (exact) mass is 311 g/mol. The molecule has 3 heterocycles. The van der Waals surface area contributed by atoms with Crippen LogP contribution in [0.15, 0.2) is 41.3 Å². The fourth-order valence-corrected chi connectivity index (χ4v) is 2.69. The third-order valence-corrected chi connectivity index (χ3v) is 4.18. The summed E-state index contributed by atoms with van der Waals surface area (Å²) in [5.74, 6) is 1.96. The molecule has 23 heavy (non-hydrogen) atoms. The fraction of sp³-hybridized carbons (Fsp3) is 0.375. The fourth-order valence-electron chi connectivity index (χ4n) is 2.69. The zero-order valence-electron chi connectivity index (χ0n) is 12.8. The van der Waals surface area contributed by atoms with Crippen molar-refractivity contribution in [3.05, 3.63) is 42.7 Å². The van der Waals surface area contributed by atoms with E-state index in [1.54, 1.807) is 17.1 Å². The van der Waals surface area contributed by atoms with E-state index < -0.39 is 5.60 Å². The molecule has 0 amide bonds. The Morgan fingerprint density at radius 1 is 1.39 bits per heavy atom. The van der Waals surface area contributed by atoms with Gasteiger partial charge in [-0.05, 0) is 43.9 Å². The molecule has 0 radical (unpaired) electrons. The normalized spacial score (nSPS) is 17.1. The molecule has 1 saturated carbocycles. The van der Waals surface area contributed by atoms with Crippen molar-refractivity contribution < 1.29 is 9.63 Å². The number of hydrogen-bond acceptors (Lipinski definition) is 6. The highest BCUT2D eigenvalue weighted by molar-refractivity contribution is 5.56. The summed E-state index contributed by atoms with van der Waals surface area (Å²) in [6, 6.07) is 5.50. The van der Waals surface area contributed by atoms with E-state index in [-0.39, 0.29) is 0 Å². The van der Waals surface area contributed by atoms with Crippen LogP contribution < -0.4 is 0 Å². The minimum absolute atomic E-state index is 0.338. The molecule has 0 spiro atoms. The standard InChI is InChI=1S/C16H17N5O2/c1-16(22,12-3-4-12)10-14-19-15(20-23-14)11-5-7-17-13(9-11)21-8-2-6-18-21/h2,5-9,12,22H,3-4,10H2,1H3. The molecule has 1 aliphatic carbocycles. The van der Waals surface area contributed by atoms with Gasteiger partial charge >= 0.3 is 0 Å². The summed E-state index contributed by atoms with van der Waals surface area (Å²) in [7, 11) is 0. The van der Waals surface area contributed by atoms with Crippen LogP contribution in [0.2, 0.25) is 0 Å². The lowest BCUT2D eigenvalue weighted by molar-refractivity contribution is 0.0296. The van der Waals surface area contributed by atoms with Crippen molar-refractivity contribution in [2.45, 2.75) is 31.8 Å². The van der Waals surface area contributed by atoms with E-state index in [9.17, 15) is 5.11 Å². The molecule has 0 bridgehead atoms. The van der Waals surface area contributed by atoms with Gasteiger partial charge in [0.25, 0.3) is 0 Å². The highest BCUT2D eigenvalue weighted by Crippen LogP contribution is 2.41. The lowest BCUT2D eigenvalue weighted by Gasteiger charge is -2.20. The van der Waals surface area contributed by atoms with Crippen LogP contribution in [0.3, 0.4) is 0 Å². The molecule has 7 nitrogen and oxygen atoms in total. The minimum Gasteiger partial charge on any atom is -0.389 e. The summed E-state index contributed by atoms with van der Waals surface area (Å²) in [5.41, 5.74) is 0.0222. The Bertz CT molecular complexity index is 806. The topological polar surface area (TPSA) is 89.9 Å². The van der Waals surface area contributed by atoms with Gasteiger partial charge < -0.3 is 9.63 Å². The summed E-state index contributed by atoms with van der Waals surface area (Å²) >= 11 is 0. The average molecular weight is 311 g/mol. The minimum atomic E-state index is -0.776. The number of pyridine rings is 1. The van der Waals surface area contributed by atoms with E-state index in [0.29, 0.717) is 29.9 Å². The number of aromatic nitrogens is 5. The number of aliphatic hydroxyl groups is 1. The van der Waals surface area contributed by atoms with Crippen molar-refractivity contribution >= 4 is 0 Å². The maximum absolute atomic E-state index is 10.4. The maximum atomic E-state index is 10.4. The maximum Gasteiger partial charge on any atom is 0.229 e. The zero-order valence-corrected chi connectivity index (χ0v) is 12.8. The van der Waals surface area contributed by atoms with Crippen LogP contribution >= 0.6 is 0 Å². The zero-order chi connectivity index (χ0) is 15.9. The van der Waals surface area contributed by atoms with Crippen LogP contribution in [0.4, 0.5) is 0 Å². The van der Waals surface area contributed by atoms with Crippen molar-refractivity contribution in [2.75, 3.05) is 0 Å². The van der Waals surface area contributed by atoms with E-state index in [0.717, 1.165) is 18.4 Å². The third kappa shape index (κ3) is 2.87. The van der Waals surface area contributed by atoms with Crippen LogP contribution in [0, 0.1) is 5.92 Å². The molecule has 118 valence electrons. The lowest BCUT2D eigenvalue weighted by Crippen LogP contribution is -2.29. The van der Waals surface area contributed by atoms with Gasteiger partial charge in [-0.25, -0.2) is 9.67 Å². The molecule has 7 heteroatoms. The molecule has 1 N–H and O–H groups in total. The molecule has 3 aromatic heterocycles. The van der Waals surface area contributed by atoms with Crippen LogP contribution in [0.1, 0.15) is 25.7 Å². The smallest absolute Gasteiger partial charge is 0.229 e. The molecule has 3 aromatic rings. The highest BCUT2D eigenvalue weighted by Gasteiger charge is 2.41. The van der Waals surface area contributed by atoms with Gasteiger partial charge in [0.2, 0.25) is 11.7 Å². The second kappa shape index (κ2) is 5.27. The van der Waals surface area contributed by atoms with Gasteiger partial charge in [0, 0.05) is 24.2 Å². The number of nitrogens with zero attached hydrogens (tertiary/aromatic N) is 5. The van der Waals surface area contributed by atoms with Gasteiger partial charge in [-0.3, -0.25) is 0 Å². The highest BCUT2D eigenvalue weighted by atomic mass is 16.5. The second-order valence-electron chi connectivity index (χ2n) is 6.17. The summed E-state index contributed by atoms with van der Waals surface area (Å²) in [6.45, 7) is 1.83. The van der Waals surface area contributed by atoms with Crippen LogP contribution in [-0.4, -0.2) is 35.6 Å². The van der Waals surface area contributed by atoms with E-state index in [4.69, 9.17) is 4.52 Å². The van der Waals surface area contributed by atoms with E-state index >= 15 is 0 Å². The molecular weight excluding hydrogens is 294 g/mol. The Labute approximate surface area is 133 Å². The first kappa shape index (κ1) is 14.1. The van der Waals surface area contributed by atoms with Crippen molar-refractivity contribution in [3.8, 4) is 17.2 Å². The first-order chi connectivity index (χ1) is 11.1. The average Bonchev–Trinajstić information content (AvgIpc) is 3.09. The summed E-state index contributed by atoms with van der Waals surface area (Å²) in [4.78, 5) is 8.68. The summed E-state index contributed by atoms with van der Waals surface area (Å²) in [6.07, 6.45) is 7.70. The molecule has 0 aliphatic heterocycles. The van der Waals surface area contributed by atoms with Crippen molar-refractivity contribution in [1.82, 2.24) is 24.9 Å². The summed E-state index contributed by atoms with van der Waals surface area (Å²) < 4.78 is 6.97.